The van der Waals surface area contributed by atoms with Crippen LogP contribution in [0.4, 0.5) is 5.69 Å². The maximum absolute atomic E-state index is 9.15. The minimum absolute atomic E-state index is 0.215. The van der Waals surface area contributed by atoms with Gasteiger partial charge in [0.2, 0.25) is 0 Å². The highest BCUT2D eigenvalue weighted by molar-refractivity contribution is 5.43. The van der Waals surface area contributed by atoms with Crippen LogP contribution in [0.1, 0.15) is 33.1 Å². The summed E-state index contributed by atoms with van der Waals surface area (Å²) in [7, 11) is 0. The molecule has 4 nitrogen and oxygen atoms in total. The number of benzene rings is 1. The molecule has 0 saturated heterocycles. The maximum Gasteiger partial charge on any atom is 0.121 e. The van der Waals surface area contributed by atoms with Crippen molar-refractivity contribution in [1.82, 2.24) is 4.90 Å². The number of nitrogen functional groups attached to an aromatic ring is 1. The lowest BCUT2D eigenvalue weighted by atomic mass is 10.1. The molecule has 0 aromatic heterocycles. The number of anilines is 1. The van der Waals surface area contributed by atoms with E-state index in [9.17, 15) is 0 Å². The number of aliphatic hydroxyl groups is 1. The Hall–Kier alpha value is -1.26. The molecule has 0 saturated carbocycles. The van der Waals surface area contributed by atoms with Crippen LogP contribution in [0, 0.1) is 0 Å². The van der Waals surface area contributed by atoms with E-state index in [0.717, 1.165) is 43.8 Å². The lowest BCUT2D eigenvalue weighted by molar-refractivity contribution is 0.134. The molecule has 1 aromatic carbocycles. The van der Waals surface area contributed by atoms with Gasteiger partial charge in [-0.1, -0.05) is 19.9 Å². The Bertz CT molecular complexity index is 367. The van der Waals surface area contributed by atoms with Gasteiger partial charge in [-0.2, -0.15) is 0 Å². The third-order valence-electron chi connectivity index (χ3n) is 3.56. The molecule has 0 bridgehead atoms. The van der Waals surface area contributed by atoms with Crippen LogP contribution in [0.25, 0.3) is 0 Å². The molecule has 0 radical (unpaired) electrons. The van der Waals surface area contributed by atoms with E-state index in [2.05, 4.69) is 18.7 Å². The fraction of sp³-hybridized carbons (Fsp3) is 0.625. The van der Waals surface area contributed by atoms with Gasteiger partial charge in [0, 0.05) is 30.9 Å². The van der Waals surface area contributed by atoms with Gasteiger partial charge in [-0.05, 0) is 31.4 Å². The van der Waals surface area contributed by atoms with Crippen molar-refractivity contribution in [1.29, 1.82) is 0 Å². The lowest BCUT2D eigenvalue weighted by Crippen LogP contribution is -2.37. The third-order valence-corrected chi connectivity index (χ3v) is 3.56. The Balaban J connectivity index is 2.33. The van der Waals surface area contributed by atoms with Gasteiger partial charge < -0.3 is 15.6 Å². The fourth-order valence-corrected chi connectivity index (χ4v) is 2.47. The SMILES string of the molecule is CCC(CC)N(CCO)CCCOc1cccc(N)c1. The van der Waals surface area contributed by atoms with Gasteiger partial charge in [-0.15, -0.1) is 0 Å². The van der Waals surface area contributed by atoms with Crippen molar-refractivity contribution in [2.45, 2.75) is 39.2 Å². The number of ether oxygens (including phenoxy) is 1. The summed E-state index contributed by atoms with van der Waals surface area (Å²) >= 11 is 0. The van der Waals surface area contributed by atoms with E-state index in [1.54, 1.807) is 0 Å². The minimum Gasteiger partial charge on any atom is -0.493 e. The Kier molecular flexibility index (Phi) is 8.07. The van der Waals surface area contributed by atoms with Crippen LogP contribution in [-0.2, 0) is 0 Å². The van der Waals surface area contributed by atoms with Crippen molar-refractivity contribution in [3.63, 3.8) is 0 Å². The van der Waals surface area contributed by atoms with Crippen molar-refractivity contribution in [2.24, 2.45) is 0 Å². The quantitative estimate of drug-likeness (QED) is 0.511. The van der Waals surface area contributed by atoms with Crippen LogP contribution in [0.2, 0.25) is 0 Å². The largest absolute Gasteiger partial charge is 0.493 e. The van der Waals surface area contributed by atoms with Crippen LogP contribution >= 0.6 is 0 Å². The summed E-state index contributed by atoms with van der Waals surface area (Å²) in [5, 5.41) is 9.15. The minimum atomic E-state index is 0.215. The second kappa shape index (κ2) is 9.61. The first-order valence-corrected chi connectivity index (χ1v) is 7.54. The molecule has 0 heterocycles. The van der Waals surface area contributed by atoms with Gasteiger partial charge in [0.1, 0.15) is 5.75 Å². The molecule has 0 amide bonds. The summed E-state index contributed by atoms with van der Waals surface area (Å²) in [6, 6.07) is 8.06. The molecule has 0 aliphatic carbocycles. The van der Waals surface area contributed by atoms with E-state index in [0.29, 0.717) is 12.6 Å². The van der Waals surface area contributed by atoms with Gasteiger partial charge >= 0.3 is 0 Å². The first-order valence-electron chi connectivity index (χ1n) is 7.54. The van der Waals surface area contributed by atoms with Crippen LogP contribution in [0.3, 0.4) is 0 Å². The lowest BCUT2D eigenvalue weighted by Gasteiger charge is -2.29. The standard InChI is InChI=1S/C16H28N2O2/c1-3-15(4-2)18(10-11-19)9-6-12-20-16-8-5-7-14(17)13-16/h5,7-8,13,15,19H,3-4,6,9-12,17H2,1-2H3. The van der Waals surface area contributed by atoms with Gasteiger partial charge in [-0.25, -0.2) is 0 Å². The summed E-state index contributed by atoms with van der Waals surface area (Å²) < 4.78 is 5.69. The van der Waals surface area contributed by atoms with Crippen LogP contribution in [0.5, 0.6) is 5.75 Å². The maximum atomic E-state index is 9.15. The fourth-order valence-electron chi connectivity index (χ4n) is 2.47. The van der Waals surface area contributed by atoms with E-state index < -0.39 is 0 Å². The van der Waals surface area contributed by atoms with Gasteiger partial charge in [0.25, 0.3) is 0 Å². The molecule has 1 aromatic rings. The average Bonchev–Trinajstić information content (AvgIpc) is 2.45. The first-order chi connectivity index (χ1) is 9.71. The van der Waals surface area contributed by atoms with E-state index in [1.165, 1.54) is 0 Å². The zero-order valence-electron chi connectivity index (χ0n) is 12.7. The number of rotatable bonds is 10. The molecular formula is C16H28N2O2. The molecule has 0 unspecified atom stereocenters. The molecule has 3 N–H and O–H groups in total. The van der Waals surface area contributed by atoms with Crippen LogP contribution in [-0.4, -0.2) is 42.4 Å². The third kappa shape index (κ3) is 5.80. The highest BCUT2D eigenvalue weighted by Crippen LogP contribution is 2.15. The molecule has 4 heteroatoms. The number of aliphatic hydroxyl groups excluding tert-OH is 1. The number of nitrogens with zero attached hydrogens (tertiary/aromatic N) is 1. The molecule has 0 atom stereocenters. The van der Waals surface area contributed by atoms with E-state index in [4.69, 9.17) is 15.6 Å². The summed E-state index contributed by atoms with van der Waals surface area (Å²) in [5.41, 5.74) is 6.43. The van der Waals surface area contributed by atoms with Gasteiger partial charge in [0.15, 0.2) is 0 Å². The predicted molar refractivity (Wildman–Crippen MR) is 84.0 cm³/mol. The van der Waals surface area contributed by atoms with Crippen LogP contribution in [0.15, 0.2) is 24.3 Å². The number of hydrogen-bond acceptors (Lipinski definition) is 4. The topological polar surface area (TPSA) is 58.7 Å². The zero-order chi connectivity index (χ0) is 14.8. The normalized spacial score (nSPS) is 11.2. The van der Waals surface area contributed by atoms with Crippen molar-refractivity contribution >= 4 is 5.69 Å². The molecule has 0 fully saturated rings. The van der Waals surface area contributed by atoms with Crippen molar-refractivity contribution < 1.29 is 9.84 Å². The molecule has 0 aliphatic rings. The van der Waals surface area contributed by atoms with Crippen LogP contribution < -0.4 is 10.5 Å². The Morgan fingerprint density at radius 2 is 2.00 bits per heavy atom. The summed E-state index contributed by atoms with van der Waals surface area (Å²) in [4.78, 5) is 2.35. The summed E-state index contributed by atoms with van der Waals surface area (Å²) in [5.74, 6) is 0.821. The molecule has 0 aliphatic heterocycles. The Morgan fingerprint density at radius 1 is 1.25 bits per heavy atom. The monoisotopic (exact) mass is 280 g/mol. The highest BCUT2D eigenvalue weighted by Gasteiger charge is 2.13. The van der Waals surface area contributed by atoms with Crippen molar-refractivity contribution in [3.05, 3.63) is 24.3 Å². The van der Waals surface area contributed by atoms with Gasteiger partial charge in [0.05, 0.1) is 13.2 Å². The highest BCUT2D eigenvalue weighted by atomic mass is 16.5. The average molecular weight is 280 g/mol. The van der Waals surface area contributed by atoms with E-state index in [1.807, 2.05) is 24.3 Å². The number of hydrogen-bond donors (Lipinski definition) is 2. The van der Waals surface area contributed by atoms with Gasteiger partial charge in [-0.3, -0.25) is 4.90 Å². The molecule has 20 heavy (non-hydrogen) atoms. The molecular weight excluding hydrogens is 252 g/mol. The second-order valence-corrected chi connectivity index (χ2v) is 5.00. The van der Waals surface area contributed by atoms with Crippen molar-refractivity contribution in [2.75, 3.05) is 32.0 Å². The Labute approximate surface area is 122 Å². The molecule has 1 rings (SSSR count). The summed E-state index contributed by atoms with van der Waals surface area (Å²) in [6.45, 7) is 6.97. The first kappa shape index (κ1) is 16.8. The Morgan fingerprint density at radius 3 is 2.60 bits per heavy atom. The van der Waals surface area contributed by atoms with Crippen molar-refractivity contribution in [3.8, 4) is 5.75 Å². The second-order valence-electron chi connectivity index (χ2n) is 5.00. The summed E-state index contributed by atoms with van der Waals surface area (Å²) in [6.07, 6.45) is 3.18. The number of nitrogens with two attached hydrogens (primary N) is 1. The molecule has 0 spiro atoms. The smallest absolute Gasteiger partial charge is 0.121 e. The predicted octanol–water partition coefficient (Wildman–Crippen LogP) is 2.52. The molecule has 114 valence electrons. The van der Waals surface area contributed by atoms with E-state index in [-0.39, 0.29) is 6.61 Å². The van der Waals surface area contributed by atoms with E-state index >= 15 is 0 Å². The zero-order valence-corrected chi connectivity index (χ0v) is 12.7.